The van der Waals surface area contributed by atoms with Crippen LogP contribution in [-0.4, -0.2) is 32.4 Å². The van der Waals surface area contributed by atoms with Gasteiger partial charge in [0, 0.05) is 24.7 Å². The molecule has 0 unspecified atom stereocenters. The molecule has 2 aromatic heterocycles. The molecule has 1 amide bonds. The second kappa shape index (κ2) is 7.28. The van der Waals surface area contributed by atoms with E-state index in [1.54, 1.807) is 6.20 Å². The molecule has 3 aromatic rings. The van der Waals surface area contributed by atoms with Crippen LogP contribution in [0.4, 0.5) is 0 Å². The van der Waals surface area contributed by atoms with E-state index in [0.29, 0.717) is 18.8 Å². The maximum absolute atomic E-state index is 11.9. The van der Waals surface area contributed by atoms with Crippen LogP contribution in [0.1, 0.15) is 16.3 Å². The van der Waals surface area contributed by atoms with E-state index in [4.69, 9.17) is 0 Å². The highest BCUT2D eigenvalue weighted by Gasteiger charge is 2.07. The summed E-state index contributed by atoms with van der Waals surface area (Å²) in [6.07, 6.45) is 4.60. The molecule has 0 saturated carbocycles. The summed E-state index contributed by atoms with van der Waals surface area (Å²) in [5.74, 6) is 0.246. The first-order chi connectivity index (χ1) is 11.7. The molecule has 0 atom stereocenters. The van der Waals surface area contributed by atoms with E-state index in [1.807, 2.05) is 36.4 Å². The highest BCUT2D eigenvalue weighted by molar-refractivity contribution is 5.91. The maximum atomic E-state index is 11.9. The first-order valence-corrected chi connectivity index (χ1v) is 7.42. The van der Waals surface area contributed by atoms with Gasteiger partial charge in [-0.1, -0.05) is 30.3 Å². The lowest BCUT2D eigenvalue weighted by atomic mass is 10.1. The lowest BCUT2D eigenvalue weighted by Gasteiger charge is -2.06. The average molecular weight is 321 g/mol. The molecule has 3 rings (SSSR count). The van der Waals surface area contributed by atoms with Crippen molar-refractivity contribution in [3.63, 3.8) is 0 Å². The summed E-state index contributed by atoms with van der Waals surface area (Å²) in [5.41, 5.74) is 1.56. The van der Waals surface area contributed by atoms with Crippen molar-refractivity contribution in [3.8, 4) is 11.3 Å². The first-order valence-electron chi connectivity index (χ1n) is 7.42. The van der Waals surface area contributed by atoms with Gasteiger partial charge < -0.3 is 10.3 Å². The fourth-order valence-electron chi connectivity index (χ4n) is 2.16. The monoisotopic (exact) mass is 321 g/mol. The van der Waals surface area contributed by atoms with Crippen molar-refractivity contribution in [1.82, 2.24) is 25.3 Å². The first kappa shape index (κ1) is 15.5. The molecular formula is C17H15N5O2. The van der Waals surface area contributed by atoms with Crippen molar-refractivity contribution in [2.45, 2.75) is 6.42 Å². The van der Waals surface area contributed by atoms with E-state index in [-0.39, 0.29) is 11.6 Å². The van der Waals surface area contributed by atoms with Crippen LogP contribution in [0, 0.1) is 0 Å². The summed E-state index contributed by atoms with van der Waals surface area (Å²) in [7, 11) is 0. The number of carbonyl (C=O) groups is 1. The van der Waals surface area contributed by atoms with E-state index in [9.17, 15) is 9.59 Å². The highest BCUT2D eigenvalue weighted by atomic mass is 16.2. The van der Waals surface area contributed by atoms with Gasteiger partial charge in [-0.2, -0.15) is 0 Å². The molecule has 0 spiro atoms. The van der Waals surface area contributed by atoms with E-state index in [0.717, 1.165) is 17.5 Å². The van der Waals surface area contributed by atoms with Crippen molar-refractivity contribution >= 4 is 5.91 Å². The molecule has 0 aliphatic carbocycles. The fraction of sp³-hybridized carbons (Fsp3) is 0.118. The molecule has 7 heteroatoms. The number of aromatic amines is 1. The van der Waals surface area contributed by atoms with Gasteiger partial charge in [-0.3, -0.25) is 14.6 Å². The molecule has 0 bridgehead atoms. The summed E-state index contributed by atoms with van der Waals surface area (Å²) < 4.78 is 0. The summed E-state index contributed by atoms with van der Waals surface area (Å²) in [4.78, 5) is 37.9. The standard InChI is InChI=1S/C17H15N5O2/c23-16-11-18-10-14(22-16)17(24)20-9-7-15-19-8-6-13(21-15)12-4-2-1-3-5-12/h1-6,8,10-11H,7,9H2,(H,20,24)(H,22,23). The SMILES string of the molecule is O=C(NCCc1nccc(-c2ccccc2)n1)c1cncc(=O)[nH]1. The van der Waals surface area contributed by atoms with Crippen molar-refractivity contribution in [1.29, 1.82) is 0 Å². The van der Waals surface area contributed by atoms with Crippen LogP contribution in [0.2, 0.25) is 0 Å². The minimum Gasteiger partial charge on any atom is -0.350 e. The van der Waals surface area contributed by atoms with Gasteiger partial charge in [-0.15, -0.1) is 0 Å². The van der Waals surface area contributed by atoms with E-state index < -0.39 is 5.56 Å². The molecule has 0 aliphatic heterocycles. The van der Waals surface area contributed by atoms with E-state index in [1.165, 1.54) is 6.20 Å². The summed E-state index contributed by atoms with van der Waals surface area (Å²) in [5, 5.41) is 2.70. The number of hydrogen-bond donors (Lipinski definition) is 2. The zero-order valence-electron chi connectivity index (χ0n) is 12.8. The number of nitrogens with one attached hydrogen (secondary N) is 2. The molecule has 2 heterocycles. The van der Waals surface area contributed by atoms with Crippen LogP contribution in [-0.2, 0) is 6.42 Å². The Morgan fingerprint density at radius 3 is 2.75 bits per heavy atom. The normalized spacial score (nSPS) is 10.3. The van der Waals surface area contributed by atoms with Crippen LogP contribution < -0.4 is 10.9 Å². The molecule has 0 radical (unpaired) electrons. The number of hydrogen-bond acceptors (Lipinski definition) is 5. The predicted molar refractivity (Wildman–Crippen MR) is 88.4 cm³/mol. The average Bonchev–Trinajstić information content (AvgIpc) is 2.63. The molecular weight excluding hydrogens is 306 g/mol. The summed E-state index contributed by atoms with van der Waals surface area (Å²) >= 11 is 0. The molecule has 0 fully saturated rings. The molecule has 120 valence electrons. The minimum atomic E-state index is -0.415. The quantitative estimate of drug-likeness (QED) is 0.735. The Hall–Kier alpha value is -3.35. The van der Waals surface area contributed by atoms with Crippen LogP contribution in [0.15, 0.2) is 59.8 Å². The number of aromatic nitrogens is 4. The third kappa shape index (κ3) is 3.89. The zero-order valence-corrected chi connectivity index (χ0v) is 12.8. The Labute approximate surface area is 137 Å². The van der Waals surface area contributed by atoms with Gasteiger partial charge in [0.1, 0.15) is 11.5 Å². The van der Waals surface area contributed by atoms with Crippen LogP contribution in [0.5, 0.6) is 0 Å². The topological polar surface area (TPSA) is 101 Å². The van der Waals surface area contributed by atoms with Gasteiger partial charge >= 0.3 is 0 Å². The molecule has 0 saturated heterocycles. The van der Waals surface area contributed by atoms with Gasteiger partial charge in [-0.25, -0.2) is 9.97 Å². The third-order valence-electron chi connectivity index (χ3n) is 3.31. The minimum absolute atomic E-state index is 0.126. The number of carbonyl (C=O) groups excluding carboxylic acids is 1. The molecule has 7 nitrogen and oxygen atoms in total. The van der Waals surface area contributed by atoms with Crippen molar-refractivity contribution < 1.29 is 4.79 Å². The Kier molecular flexibility index (Phi) is 4.71. The number of rotatable bonds is 5. The fourth-order valence-corrected chi connectivity index (χ4v) is 2.16. The van der Waals surface area contributed by atoms with Crippen LogP contribution >= 0.6 is 0 Å². The number of amides is 1. The second-order valence-corrected chi connectivity index (χ2v) is 5.04. The Balaban J connectivity index is 1.61. The highest BCUT2D eigenvalue weighted by Crippen LogP contribution is 2.15. The van der Waals surface area contributed by atoms with E-state index in [2.05, 4.69) is 25.3 Å². The lowest BCUT2D eigenvalue weighted by molar-refractivity contribution is 0.0948. The van der Waals surface area contributed by atoms with Gasteiger partial charge in [0.25, 0.3) is 11.5 Å². The number of H-pyrrole nitrogens is 1. The smallest absolute Gasteiger partial charge is 0.269 e. The van der Waals surface area contributed by atoms with Gasteiger partial charge in [0.15, 0.2) is 0 Å². The van der Waals surface area contributed by atoms with Gasteiger partial charge in [0.05, 0.1) is 18.1 Å². The Morgan fingerprint density at radius 1 is 1.12 bits per heavy atom. The van der Waals surface area contributed by atoms with Crippen LogP contribution in [0.3, 0.4) is 0 Å². The molecule has 1 aromatic carbocycles. The Bertz CT molecular complexity index is 892. The van der Waals surface area contributed by atoms with Crippen molar-refractivity contribution in [3.05, 3.63) is 76.9 Å². The maximum Gasteiger partial charge on any atom is 0.269 e. The molecule has 0 aliphatic rings. The largest absolute Gasteiger partial charge is 0.350 e. The molecule has 24 heavy (non-hydrogen) atoms. The van der Waals surface area contributed by atoms with Crippen molar-refractivity contribution in [2.24, 2.45) is 0 Å². The predicted octanol–water partition coefficient (Wildman–Crippen LogP) is 1.20. The lowest BCUT2D eigenvalue weighted by Crippen LogP contribution is -2.28. The van der Waals surface area contributed by atoms with Gasteiger partial charge in [-0.05, 0) is 6.07 Å². The van der Waals surface area contributed by atoms with Crippen molar-refractivity contribution in [2.75, 3.05) is 6.54 Å². The van der Waals surface area contributed by atoms with Crippen LogP contribution in [0.25, 0.3) is 11.3 Å². The Morgan fingerprint density at radius 2 is 1.96 bits per heavy atom. The van der Waals surface area contributed by atoms with Gasteiger partial charge in [0.2, 0.25) is 0 Å². The molecule has 2 N–H and O–H groups in total. The second-order valence-electron chi connectivity index (χ2n) is 5.04. The number of nitrogens with zero attached hydrogens (tertiary/aromatic N) is 3. The number of benzene rings is 1. The third-order valence-corrected chi connectivity index (χ3v) is 3.31. The summed E-state index contributed by atoms with van der Waals surface area (Å²) in [6.45, 7) is 0.355. The van der Waals surface area contributed by atoms with E-state index >= 15 is 0 Å². The summed E-state index contributed by atoms with van der Waals surface area (Å²) in [6, 6.07) is 11.7. The zero-order chi connectivity index (χ0) is 16.8.